The molecule has 5 nitrogen and oxygen atoms in total. The molecular weight excluding hydrogens is 229 g/mol. The van der Waals surface area contributed by atoms with Crippen LogP contribution in [0.5, 0.6) is 0 Å². The molecule has 1 aromatic carbocycles. The fourth-order valence-electron chi connectivity index (χ4n) is 1.76. The van der Waals surface area contributed by atoms with Crippen LogP contribution in [0.2, 0.25) is 0 Å². The van der Waals surface area contributed by atoms with Crippen LogP contribution in [0.4, 0.5) is 5.69 Å². The van der Waals surface area contributed by atoms with Crippen LogP contribution in [0.1, 0.15) is 15.9 Å². The molecular formula is C12H9BN3O2. The Labute approximate surface area is 104 Å². The van der Waals surface area contributed by atoms with E-state index in [4.69, 9.17) is 4.65 Å². The van der Waals surface area contributed by atoms with Gasteiger partial charge in [-0.3, -0.25) is 4.79 Å². The average Bonchev–Trinajstić information content (AvgIpc) is 2.87. The van der Waals surface area contributed by atoms with Crippen molar-refractivity contribution in [3.8, 4) is 0 Å². The molecule has 1 amide bonds. The van der Waals surface area contributed by atoms with Crippen molar-refractivity contribution in [1.82, 2.24) is 10.2 Å². The molecule has 0 spiro atoms. The van der Waals surface area contributed by atoms with Crippen LogP contribution in [0, 0.1) is 0 Å². The lowest BCUT2D eigenvalue weighted by Gasteiger charge is -2.06. The van der Waals surface area contributed by atoms with E-state index in [9.17, 15) is 4.79 Å². The minimum absolute atomic E-state index is 0.205. The fourth-order valence-corrected chi connectivity index (χ4v) is 1.76. The molecule has 0 saturated carbocycles. The maximum absolute atomic E-state index is 11.9. The molecule has 2 heterocycles. The number of carbonyl (C=O) groups is 1. The highest BCUT2D eigenvalue weighted by Gasteiger charge is 2.14. The van der Waals surface area contributed by atoms with E-state index in [1.165, 1.54) is 12.4 Å². The quantitative estimate of drug-likeness (QED) is 0.774. The zero-order valence-corrected chi connectivity index (χ0v) is 9.46. The van der Waals surface area contributed by atoms with Gasteiger partial charge in [-0.25, -0.2) is 0 Å². The Morgan fingerprint density at radius 3 is 3.11 bits per heavy atom. The van der Waals surface area contributed by atoms with Crippen molar-refractivity contribution in [3.05, 3.63) is 47.8 Å². The number of fused-ring (bicyclic) bond motifs is 1. The maximum Gasteiger partial charge on any atom is 0.330 e. The standard InChI is InChI=1S/C12H9BN3O2/c17-12(8-3-4-14-15-6-8)16-10-2-1-9-7-18-13-11(9)5-10/h1-6H,7H2,(H,16,17). The Kier molecular flexibility index (Phi) is 2.78. The zero-order valence-electron chi connectivity index (χ0n) is 9.46. The summed E-state index contributed by atoms with van der Waals surface area (Å²) in [5.74, 6) is -0.205. The molecule has 1 N–H and O–H groups in total. The van der Waals surface area contributed by atoms with Gasteiger partial charge in [-0.2, -0.15) is 10.2 Å². The van der Waals surface area contributed by atoms with Crippen LogP contribution in [0.25, 0.3) is 0 Å². The number of anilines is 1. The van der Waals surface area contributed by atoms with Gasteiger partial charge in [-0.05, 0) is 29.2 Å². The van der Waals surface area contributed by atoms with Gasteiger partial charge in [0.2, 0.25) is 0 Å². The normalized spacial score (nSPS) is 12.7. The van der Waals surface area contributed by atoms with Gasteiger partial charge in [0.25, 0.3) is 5.91 Å². The minimum Gasteiger partial charge on any atom is -0.430 e. The molecule has 1 aliphatic heterocycles. The van der Waals surface area contributed by atoms with Crippen molar-refractivity contribution in [1.29, 1.82) is 0 Å². The summed E-state index contributed by atoms with van der Waals surface area (Å²) in [6.07, 6.45) is 2.91. The van der Waals surface area contributed by atoms with Gasteiger partial charge < -0.3 is 9.97 Å². The molecule has 0 aliphatic carbocycles. The molecule has 0 bridgehead atoms. The molecule has 1 aliphatic rings. The molecule has 0 saturated heterocycles. The first-order valence-electron chi connectivity index (χ1n) is 5.49. The van der Waals surface area contributed by atoms with Crippen molar-refractivity contribution < 1.29 is 9.45 Å². The van der Waals surface area contributed by atoms with E-state index in [1.54, 1.807) is 13.5 Å². The SMILES string of the molecule is O=C(Nc1ccc2c(c1)[B]OC2)c1ccnnc1. The van der Waals surface area contributed by atoms with Crippen molar-refractivity contribution >= 4 is 24.5 Å². The molecule has 0 fully saturated rings. The number of amides is 1. The first kappa shape index (κ1) is 10.9. The van der Waals surface area contributed by atoms with Gasteiger partial charge >= 0.3 is 7.48 Å². The number of aromatic nitrogens is 2. The summed E-state index contributed by atoms with van der Waals surface area (Å²) in [6, 6.07) is 7.30. The predicted molar refractivity (Wildman–Crippen MR) is 66.6 cm³/mol. The van der Waals surface area contributed by atoms with Crippen LogP contribution in [-0.4, -0.2) is 23.6 Å². The van der Waals surface area contributed by atoms with E-state index in [1.807, 2.05) is 18.2 Å². The minimum atomic E-state index is -0.205. The van der Waals surface area contributed by atoms with Gasteiger partial charge in [0.15, 0.2) is 0 Å². The maximum atomic E-state index is 11.9. The highest BCUT2D eigenvalue weighted by atomic mass is 16.4. The Morgan fingerprint density at radius 1 is 1.33 bits per heavy atom. The third-order valence-corrected chi connectivity index (χ3v) is 2.70. The van der Waals surface area contributed by atoms with E-state index >= 15 is 0 Å². The summed E-state index contributed by atoms with van der Waals surface area (Å²) in [7, 11) is 1.69. The second-order valence-corrected chi connectivity index (χ2v) is 3.93. The molecule has 3 rings (SSSR count). The fraction of sp³-hybridized carbons (Fsp3) is 0.0833. The Hall–Kier alpha value is -2.21. The summed E-state index contributed by atoms with van der Waals surface area (Å²) < 4.78 is 5.20. The van der Waals surface area contributed by atoms with Crippen molar-refractivity contribution in [3.63, 3.8) is 0 Å². The van der Waals surface area contributed by atoms with Gasteiger partial charge in [0, 0.05) is 5.69 Å². The molecule has 1 radical (unpaired) electrons. The third kappa shape index (κ3) is 2.10. The molecule has 1 aromatic heterocycles. The second-order valence-electron chi connectivity index (χ2n) is 3.93. The monoisotopic (exact) mass is 238 g/mol. The number of benzene rings is 1. The Bertz CT molecular complexity index is 589. The van der Waals surface area contributed by atoms with Gasteiger partial charge in [0.05, 0.1) is 24.6 Å². The van der Waals surface area contributed by atoms with E-state index in [0.29, 0.717) is 12.2 Å². The molecule has 2 aromatic rings. The number of hydrogen-bond donors (Lipinski definition) is 1. The Balaban J connectivity index is 1.79. The van der Waals surface area contributed by atoms with Crippen LogP contribution in [0.3, 0.4) is 0 Å². The number of nitrogens with one attached hydrogen (secondary N) is 1. The number of nitrogens with zero attached hydrogens (tertiary/aromatic N) is 2. The summed E-state index contributed by atoms with van der Waals surface area (Å²) in [6.45, 7) is 0.595. The average molecular weight is 238 g/mol. The van der Waals surface area contributed by atoms with Crippen molar-refractivity contribution in [2.75, 3.05) is 5.32 Å². The van der Waals surface area contributed by atoms with Gasteiger partial charge in [-0.1, -0.05) is 6.07 Å². The largest absolute Gasteiger partial charge is 0.430 e. The van der Waals surface area contributed by atoms with E-state index in [0.717, 1.165) is 16.7 Å². The van der Waals surface area contributed by atoms with Crippen molar-refractivity contribution in [2.45, 2.75) is 6.61 Å². The molecule has 6 heteroatoms. The Morgan fingerprint density at radius 2 is 2.28 bits per heavy atom. The van der Waals surface area contributed by atoms with Gasteiger partial charge in [0.1, 0.15) is 0 Å². The van der Waals surface area contributed by atoms with Crippen LogP contribution >= 0.6 is 0 Å². The topological polar surface area (TPSA) is 64.1 Å². The summed E-state index contributed by atoms with van der Waals surface area (Å²) >= 11 is 0. The van der Waals surface area contributed by atoms with E-state index < -0.39 is 0 Å². The van der Waals surface area contributed by atoms with E-state index in [2.05, 4.69) is 15.5 Å². The lowest BCUT2D eigenvalue weighted by molar-refractivity contribution is 0.102. The molecule has 87 valence electrons. The molecule has 18 heavy (non-hydrogen) atoms. The smallest absolute Gasteiger partial charge is 0.330 e. The van der Waals surface area contributed by atoms with Crippen LogP contribution in [0.15, 0.2) is 36.7 Å². The highest BCUT2D eigenvalue weighted by molar-refractivity contribution is 6.49. The summed E-state index contributed by atoms with van der Waals surface area (Å²) in [5.41, 5.74) is 3.34. The van der Waals surface area contributed by atoms with Crippen LogP contribution < -0.4 is 10.8 Å². The third-order valence-electron chi connectivity index (χ3n) is 2.70. The first-order valence-corrected chi connectivity index (χ1v) is 5.49. The zero-order chi connectivity index (χ0) is 12.4. The lowest BCUT2D eigenvalue weighted by atomic mass is 9.87. The predicted octanol–water partition coefficient (Wildman–Crippen LogP) is 0.504. The number of hydrogen-bond acceptors (Lipinski definition) is 4. The van der Waals surface area contributed by atoms with E-state index in [-0.39, 0.29) is 5.91 Å². The number of rotatable bonds is 2. The van der Waals surface area contributed by atoms with Crippen LogP contribution in [-0.2, 0) is 11.3 Å². The van der Waals surface area contributed by atoms with Gasteiger partial charge in [-0.15, -0.1) is 0 Å². The molecule has 0 unspecified atom stereocenters. The second kappa shape index (κ2) is 4.58. The summed E-state index contributed by atoms with van der Waals surface area (Å²) in [4.78, 5) is 11.9. The number of carbonyl (C=O) groups excluding carboxylic acids is 1. The highest BCUT2D eigenvalue weighted by Crippen LogP contribution is 2.12. The van der Waals surface area contributed by atoms with Crippen molar-refractivity contribution in [2.24, 2.45) is 0 Å². The molecule has 0 atom stereocenters. The first-order chi connectivity index (χ1) is 8.83. The summed E-state index contributed by atoms with van der Waals surface area (Å²) in [5, 5.41) is 10.1. The lowest BCUT2D eigenvalue weighted by Crippen LogP contribution is -2.16.